The summed E-state index contributed by atoms with van der Waals surface area (Å²) in [6.07, 6.45) is 1.13. The summed E-state index contributed by atoms with van der Waals surface area (Å²) in [7, 11) is 0. The smallest absolute Gasteiger partial charge is 0.164 e. The Bertz CT molecular complexity index is 408. The van der Waals surface area contributed by atoms with E-state index in [-0.39, 0.29) is 11.9 Å². The number of aliphatic hydroxyl groups is 1. The molecule has 1 aliphatic rings. The molecule has 1 atom stereocenters. The van der Waals surface area contributed by atoms with Crippen molar-refractivity contribution in [2.75, 3.05) is 19.6 Å². The first kappa shape index (κ1) is 12.7. The van der Waals surface area contributed by atoms with Gasteiger partial charge >= 0.3 is 0 Å². The Morgan fingerprint density at radius 2 is 2.35 bits per heavy atom. The molecular formula is C13H16BrNO2. The molecule has 4 heteroatoms. The number of carbonyl (C=O) groups is 1. The molecule has 0 bridgehead atoms. The molecular weight excluding hydrogens is 282 g/mol. The standard InChI is InChI=1S/C13H16BrNO2/c14-11-3-1-2-10(8-11)13(17)5-7-15-6-4-12(16)9-15/h1-3,8,12,16H,4-7,9H2. The summed E-state index contributed by atoms with van der Waals surface area (Å²) in [6.45, 7) is 2.33. The highest BCUT2D eigenvalue weighted by Crippen LogP contribution is 2.14. The molecule has 1 aromatic rings. The highest BCUT2D eigenvalue weighted by atomic mass is 79.9. The maximum Gasteiger partial charge on any atom is 0.164 e. The molecule has 0 amide bonds. The number of hydrogen-bond donors (Lipinski definition) is 1. The number of halogens is 1. The Labute approximate surface area is 110 Å². The Hall–Kier alpha value is -0.710. The SMILES string of the molecule is O=C(CCN1CCC(O)C1)c1cccc(Br)c1. The molecule has 0 spiro atoms. The van der Waals surface area contributed by atoms with E-state index >= 15 is 0 Å². The van der Waals surface area contributed by atoms with E-state index in [4.69, 9.17) is 0 Å². The number of benzene rings is 1. The number of hydrogen-bond acceptors (Lipinski definition) is 3. The van der Waals surface area contributed by atoms with E-state index in [1.54, 1.807) is 0 Å². The predicted octanol–water partition coefficient (Wildman–Crippen LogP) is 2.09. The zero-order valence-electron chi connectivity index (χ0n) is 9.60. The van der Waals surface area contributed by atoms with Crippen LogP contribution in [0.15, 0.2) is 28.7 Å². The lowest BCUT2D eigenvalue weighted by molar-refractivity contribution is 0.0964. The molecule has 0 saturated carbocycles. The fourth-order valence-corrected chi connectivity index (χ4v) is 2.48. The summed E-state index contributed by atoms with van der Waals surface area (Å²) in [4.78, 5) is 14.1. The summed E-state index contributed by atoms with van der Waals surface area (Å²) >= 11 is 3.36. The topological polar surface area (TPSA) is 40.5 Å². The minimum atomic E-state index is -0.212. The summed E-state index contributed by atoms with van der Waals surface area (Å²) in [5, 5.41) is 9.39. The molecule has 1 aromatic carbocycles. The predicted molar refractivity (Wildman–Crippen MR) is 70.2 cm³/mol. The number of rotatable bonds is 4. The van der Waals surface area contributed by atoms with Crippen LogP contribution in [0.4, 0.5) is 0 Å². The molecule has 2 rings (SSSR count). The number of likely N-dealkylation sites (tertiary alicyclic amines) is 1. The van der Waals surface area contributed by atoms with Crippen LogP contribution in [0.5, 0.6) is 0 Å². The average Bonchev–Trinajstić information content (AvgIpc) is 2.72. The largest absolute Gasteiger partial charge is 0.392 e. The van der Waals surface area contributed by atoms with E-state index in [9.17, 15) is 9.90 Å². The Morgan fingerprint density at radius 3 is 3.00 bits per heavy atom. The van der Waals surface area contributed by atoms with E-state index in [1.165, 1.54) is 0 Å². The first-order chi connectivity index (χ1) is 8.15. The van der Waals surface area contributed by atoms with Gasteiger partial charge in [-0.3, -0.25) is 4.79 Å². The highest BCUT2D eigenvalue weighted by Gasteiger charge is 2.20. The van der Waals surface area contributed by atoms with Crippen LogP contribution in [0.2, 0.25) is 0 Å². The minimum Gasteiger partial charge on any atom is -0.392 e. The number of β-amino-alcohol motifs (C(OH)–C–C–N with tert-alkyl or cyclic N) is 1. The van der Waals surface area contributed by atoms with Gasteiger partial charge < -0.3 is 10.0 Å². The van der Waals surface area contributed by atoms with Crippen LogP contribution < -0.4 is 0 Å². The van der Waals surface area contributed by atoms with Crippen molar-refractivity contribution in [3.05, 3.63) is 34.3 Å². The molecule has 0 aliphatic carbocycles. The maximum absolute atomic E-state index is 11.9. The zero-order chi connectivity index (χ0) is 12.3. The molecule has 1 fully saturated rings. The van der Waals surface area contributed by atoms with E-state index < -0.39 is 0 Å². The monoisotopic (exact) mass is 297 g/mol. The summed E-state index contributed by atoms with van der Waals surface area (Å²) < 4.78 is 0.931. The van der Waals surface area contributed by atoms with Crippen LogP contribution in [-0.2, 0) is 0 Å². The molecule has 1 aliphatic heterocycles. The van der Waals surface area contributed by atoms with Crippen LogP contribution in [0, 0.1) is 0 Å². The van der Waals surface area contributed by atoms with Crippen LogP contribution in [0.1, 0.15) is 23.2 Å². The summed E-state index contributed by atoms with van der Waals surface area (Å²) in [5.74, 6) is 0.160. The van der Waals surface area contributed by atoms with Gasteiger partial charge in [-0.25, -0.2) is 0 Å². The number of nitrogens with zero attached hydrogens (tertiary/aromatic N) is 1. The first-order valence-electron chi connectivity index (χ1n) is 5.84. The lowest BCUT2D eigenvalue weighted by Crippen LogP contribution is -2.25. The Kier molecular flexibility index (Phi) is 4.31. The molecule has 3 nitrogen and oxygen atoms in total. The number of aliphatic hydroxyl groups excluding tert-OH is 1. The van der Waals surface area contributed by atoms with Crippen molar-refractivity contribution in [2.45, 2.75) is 18.9 Å². The molecule has 1 unspecified atom stereocenters. The molecule has 92 valence electrons. The third-order valence-corrected chi connectivity index (χ3v) is 3.54. The van der Waals surface area contributed by atoms with Crippen molar-refractivity contribution >= 4 is 21.7 Å². The molecule has 17 heavy (non-hydrogen) atoms. The Morgan fingerprint density at radius 1 is 1.53 bits per heavy atom. The van der Waals surface area contributed by atoms with Crippen molar-refractivity contribution < 1.29 is 9.90 Å². The van der Waals surface area contributed by atoms with E-state index in [0.29, 0.717) is 13.0 Å². The van der Waals surface area contributed by atoms with Gasteiger partial charge in [-0.05, 0) is 18.6 Å². The van der Waals surface area contributed by atoms with E-state index in [2.05, 4.69) is 20.8 Å². The van der Waals surface area contributed by atoms with Gasteiger partial charge in [0.1, 0.15) is 0 Å². The second-order valence-electron chi connectivity index (χ2n) is 4.43. The molecule has 1 saturated heterocycles. The molecule has 1 N–H and O–H groups in total. The van der Waals surface area contributed by atoms with Crippen LogP contribution in [0.3, 0.4) is 0 Å². The van der Waals surface area contributed by atoms with Gasteiger partial charge in [0.05, 0.1) is 6.10 Å². The maximum atomic E-state index is 11.9. The summed E-state index contributed by atoms with van der Waals surface area (Å²) in [5.41, 5.74) is 0.749. The van der Waals surface area contributed by atoms with Gasteiger partial charge in [0.2, 0.25) is 0 Å². The van der Waals surface area contributed by atoms with Gasteiger partial charge in [0, 0.05) is 36.1 Å². The number of Topliss-reactive ketones (excluding diaryl/α,β-unsaturated/α-hetero) is 1. The normalized spacial score (nSPS) is 20.7. The lowest BCUT2D eigenvalue weighted by Gasteiger charge is -2.13. The van der Waals surface area contributed by atoms with Crippen LogP contribution in [-0.4, -0.2) is 41.5 Å². The lowest BCUT2D eigenvalue weighted by atomic mass is 10.1. The third kappa shape index (κ3) is 3.63. The number of carbonyl (C=O) groups excluding carboxylic acids is 1. The van der Waals surface area contributed by atoms with Crippen molar-refractivity contribution in [3.63, 3.8) is 0 Å². The molecule has 1 heterocycles. The number of ketones is 1. The van der Waals surface area contributed by atoms with Crippen molar-refractivity contribution in [3.8, 4) is 0 Å². The van der Waals surface area contributed by atoms with Crippen molar-refractivity contribution in [1.29, 1.82) is 0 Å². The zero-order valence-corrected chi connectivity index (χ0v) is 11.2. The second-order valence-corrected chi connectivity index (χ2v) is 5.34. The highest BCUT2D eigenvalue weighted by molar-refractivity contribution is 9.10. The third-order valence-electron chi connectivity index (χ3n) is 3.05. The first-order valence-corrected chi connectivity index (χ1v) is 6.63. The van der Waals surface area contributed by atoms with E-state index in [0.717, 1.165) is 29.5 Å². The van der Waals surface area contributed by atoms with Gasteiger partial charge in [-0.15, -0.1) is 0 Å². The minimum absolute atomic E-state index is 0.160. The second kappa shape index (κ2) is 5.76. The fourth-order valence-electron chi connectivity index (χ4n) is 2.08. The average molecular weight is 298 g/mol. The van der Waals surface area contributed by atoms with Gasteiger partial charge in [0.25, 0.3) is 0 Å². The van der Waals surface area contributed by atoms with Gasteiger partial charge in [-0.2, -0.15) is 0 Å². The fraction of sp³-hybridized carbons (Fsp3) is 0.462. The van der Waals surface area contributed by atoms with Crippen LogP contribution >= 0.6 is 15.9 Å². The van der Waals surface area contributed by atoms with Crippen molar-refractivity contribution in [2.24, 2.45) is 0 Å². The quantitative estimate of drug-likeness (QED) is 0.865. The van der Waals surface area contributed by atoms with E-state index in [1.807, 2.05) is 24.3 Å². The summed E-state index contributed by atoms with van der Waals surface area (Å²) in [6, 6.07) is 7.47. The van der Waals surface area contributed by atoms with Gasteiger partial charge in [-0.1, -0.05) is 28.1 Å². The molecule has 0 radical (unpaired) electrons. The Balaban J connectivity index is 1.85. The van der Waals surface area contributed by atoms with Gasteiger partial charge in [0.15, 0.2) is 5.78 Å². The van der Waals surface area contributed by atoms with Crippen LogP contribution in [0.25, 0.3) is 0 Å². The van der Waals surface area contributed by atoms with Crippen molar-refractivity contribution in [1.82, 2.24) is 4.90 Å². The molecule has 0 aromatic heterocycles.